The zero-order valence-corrected chi connectivity index (χ0v) is 10.0. The van der Waals surface area contributed by atoms with Gasteiger partial charge in [-0.2, -0.15) is 13.2 Å². The van der Waals surface area contributed by atoms with Gasteiger partial charge in [-0.1, -0.05) is 6.92 Å². The van der Waals surface area contributed by atoms with Crippen LogP contribution >= 0.6 is 0 Å². The van der Waals surface area contributed by atoms with Gasteiger partial charge < -0.3 is 10.0 Å². The number of Topliss-reactive ketones (excluding diaryl/α,β-unsaturated/α-hetero) is 1. The summed E-state index contributed by atoms with van der Waals surface area (Å²) in [5, 5.41) is 8.60. The van der Waals surface area contributed by atoms with Gasteiger partial charge in [0.1, 0.15) is 5.78 Å². The number of aliphatic carboxylic acids is 1. The van der Waals surface area contributed by atoms with E-state index in [2.05, 4.69) is 0 Å². The number of carbonyl (C=O) groups excluding carboxylic acids is 1. The van der Waals surface area contributed by atoms with Crippen LogP contribution in [0.25, 0.3) is 0 Å². The van der Waals surface area contributed by atoms with E-state index in [0.29, 0.717) is 6.42 Å². The maximum Gasteiger partial charge on any atom is 0.403 e. The number of piperidine rings is 1. The van der Waals surface area contributed by atoms with Crippen LogP contribution in [0.1, 0.15) is 19.8 Å². The van der Waals surface area contributed by atoms with Crippen molar-refractivity contribution < 1.29 is 27.9 Å². The molecular formula is C11H16F3NO3. The lowest BCUT2D eigenvalue weighted by atomic mass is 9.93. The lowest BCUT2D eigenvalue weighted by Crippen LogP contribution is -2.47. The van der Waals surface area contributed by atoms with E-state index < -0.39 is 24.6 Å². The van der Waals surface area contributed by atoms with Gasteiger partial charge in [-0.25, -0.2) is 0 Å². The first kappa shape index (κ1) is 14.9. The number of ketones is 1. The SMILES string of the molecule is CCC1CN(CC(C(=O)O)C(F)(F)F)CCC1=O. The van der Waals surface area contributed by atoms with E-state index in [1.807, 2.05) is 0 Å². The summed E-state index contributed by atoms with van der Waals surface area (Å²) >= 11 is 0. The Balaban J connectivity index is 2.66. The summed E-state index contributed by atoms with van der Waals surface area (Å²) in [5.41, 5.74) is 0. The third-order valence-corrected chi connectivity index (χ3v) is 3.24. The van der Waals surface area contributed by atoms with Crippen molar-refractivity contribution in [1.29, 1.82) is 0 Å². The highest BCUT2D eigenvalue weighted by Crippen LogP contribution is 2.28. The van der Waals surface area contributed by atoms with Crippen molar-refractivity contribution in [3.8, 4) is 0 Å². The molecule has 0 aromatic carbocycles. The zero-order valence-electron chi connectivity index (χ0n) is 10.0. The Kier molecular flexibility index (Phi) is 4.72. The van der Waals surface area contributed by atoms with E-state index in [4.69, 9.17) is 5.11 Å². The van der Waals surface area contributed by atoms with Gasteiger partial charge in [-0.3, -0.25) is 9.59 Å². The Bertz CT molecular complexity index is 330. The van der Waals surface area contributed by atoms with Gasteiger partial charge in [0, 0.05) is 32.0 Å². The van der Waals surface area contributed by atoms with E-state index in [1.165, 1.54) is 4.90 Å². The van der Waals surface area contributed by atoms with E-state index in [0.717, 1.165) is 0 Å². The van der Waals surface area contributed by atoms with Crippen molar-refractivity contribution >= 4 is 11.8 Å². The number of rotatable bonds is 4. The van der Waals surface area contributed by atoms with Crippen molar-refractivity contribution in [2.24, 2.45) is 11.8 Å². The molecule has 1 fully saturated rings. The summed E-state index contributed by atoms with van der Waals surface area (Å²) < 4.78 is 37.5. The molecule has 0 bridgehead atoms. The second-order valence-electron chi connectivity index (χ2n) is 4.51. The number of carboxylic acids is 1. The number of hydrogen-bond acceptors (Lipinski definition) is 3. The predicted octanol–water partition coefficient (Wildman–Crippen LogP) is 1.55. The molecule has 1 heterocycles. The summed E-state index contributed by atoms with van der Waals surface area (Å²) in [4.78, 5) is 23.5. The first-order valence-electron chi connectivity index (χ1n) is 5.80. The molecule has 0 spiro atoms. The number of nitrogens with zero attached hydrogens (tertiary/aromatic N) is 1. The zero-order chi connectivity index (χ0) is 13.9. The highest BCUT2D eigenvalue weighted by atomic mass is 19.4. The molecule has 0 aromatic rings. The lowest BCUT2D eigenvalue weighted by Gasteiger charge is -2.33. The van der Waals surface area contributed by atoms with Gasteiger partial charge in [0.2, 0.25) is 0 Å². The fraction of sp³-hybridized carbons (Fsp3) is 0.818. The van der Waals surface area contributed by atoms with Crippen LogP contribution in [0, 0.1) is 11.8 Å². The normalized spacial score (nSPS) is 24.0. The van der Waals surface area contributed by atoms with Crippen molar-refractivity contribution in [2.45, 2.75) is 25.9 Å². The van der Waals surface area contributed by atoms with Gasteiger partial charge in [0.15, 0.2) is 5.92 Å². The molecule has 1 N–H and O–H groups in total. The third kappa shape index (κ3) is 3.69. The average Bonchev–Trinajstić information content (AvgIpc) is 2.25. The minimum atomic E-state index is -4.75. The van der Waals surface area contributed by atoms with Gasteiger partial charge in [0.25, 0.3) is 0 Å². The standard InChI is InChI=1S/C11H16F3NO3/c1-2-7-5-15(4-3-9(7)16)6-8(10(17)18)11(12,13)14/h7-8H,2-6H2,1H3,(H,17,18). The van der Waals surface area contributed by atoms with Crippen LogP contribution in [0.4, 0.5) is 13.2 Å². The highest BCUT2D eigenvalue weighted by Gasteiger charge is 2.46. The number of carboxylic acid groups (broad SMARTS) is 1. The summed E-state index contributed by atoms with van der Waals surface area (Å²) in [5.74, 6) is -4.48. The molecule has 1 rings (SSSR count). The first-order chi connectivity index (χ1) is 8.25. The smallest absolute Gasteiger partial charge is 0.403 e. The minimum absolute atomic E-state index is 0.0487. The molecule has 0 saturated carbocycles. The van der Waals surface area contributed by atoms with Crippen LogP contribution in [0.15, 0.2) is 0 Å². The lowest BCUT2D eigenvalue weighted by molar-refractivity contribution is -0.197. The maximum absolute atomic E-state index is 12.5. The Morgan fingerprint density at radius 1 is 1.56 bits per heavy atom. The van der Waals surface area contributed by atoms with Gasteiger partial charge >= 0.3 is 12.1 Å². The molecule has 18 heavy (non-hydrogen) atoms. The third-order valence-electron chi connectivity index (χ3n) is 3.24. The molecule has 2 unspecified atom stereocenters. The predicted molar refractivity (Wildman–Crippen MR) is 57.0 cm³/mol. The summed E-state index contributed by atoms with van der Waals surface area (Å²) in [7, 11) is 0. The van der Waals surface area contributed by atoms with Crippen molar-refractivity contribution in [3.63, 3.8) is 0 Å². The van der Waals surface area contributed by atoms with Crippen LogP contribution in [0.2, 0.25) is 0 Å². The average molecular weight is 267 g/mol. The largest absolute Gasteiger partial charge is 0.481 e. The Labute approximate surface area is 103 Å². The van der Waals surface area contributed by atoms with E-state index >= 15 is 0 Å². The van der Waals surface area contributed by atoms with Crippen LogP contribution in [-0.4, -0.2) is 47.6 Å². The number of alkyl halides is 3. The number of hydrogen-bond donors (Lipinski definition) is 1. The first-order valence-corrected chi connectivity index (χ1v) is 5.80. The van der Waals surface area contributed by atoms with E-state index in [-0.39, 0.29) is 31.2 Å². The van der Waals surface area contributed by atoms with E-state index in [1.54, 1.807) is 6.92 Å². The Morgan fingerprint density at radius 2 is 2.17 bits per heavy atom. The Hall–Kier alpha value is -1.11. The number of carbonyl (C=O) groups is 2. The summed E-state index contributed by atoms with van der Waals surface area (Å²) in [6.07, 6.45) is -3.99. The Morgan fingerprint density at radius 3 is 2.61 bits per heavy atom. The molecular weight excluding hydrogens is 251 g/mol. The van der Waals surface area contributed by atoms with Crippen LogP contribution in [0.3, 0.4) is 0 Å². The quantitative estimate of drug-likeness (QED) is 0.839. The monoisotopic (exact) mass is 267 g/mol. The van der Waals surface area contributed by atoms with Crippen LogP contribution in [0.5, 0.6) is 0 Å². The molecule has 2 atom stereocenters. The number of halogens is 3. The molecule has 1 saturated heterocycles. The molecule has 104 valence electrons. The van der Waals surface area contributed by atoms with Crippen molar-refractivity contribution in [3.05, 3.63) is 0 Å². The highest BCUT2D eigenvalue weighted by molar-refractivity contribution is 5.82. The maximum atomic E-state index is 12.5. The van der Waals surface area contributed by atoms with Crippen molar-refractivity contribution in [1.82, 2.24) is 4.90 Å². The molecule has 4 nitrogen and oxygen atoms in total. The fourth-order valence-corrected chi connectivity index (χ4v) is 2.08. The molecule has 0 amide bonds. The molecule has 1 aliphatic heterocycles. The minimum Gasteiger partial charge on any atom is -0.481 e. The second-order valence-corrected chi connectivity index (χ2v) is 4.51. The van der Waals surface area contributed by atoms with Gasteiger partial charge in [-0.05, 0) is 6.42 Å². The molecule has 0 aliphatic carbocycles. The van der Waals surface area contributed by atoms with Gasteiger partial charge in [0.05, 0.1) is 0 Å². The van der Waals surface area contributed by atoms with E-state index in [9.17, 15) is 22.8 Å². The summed E-state index contributed by atoms with van der Waals surface area (Å²) in [6, 6.07) is 0. The fourth-order valence-electron chi connectivity index (χ4n) is 2.08. The van der Waals surface area contributed by atoms with Gasteiger partial charge in [-0.15, -0.1) is 0 Å². The molecule has 0 radical (unpaired) electrons. The second kappa shape index (κ2) is 5.69. The van der Waals surface area contributed by atoms with Crippen LogP contribution < -0.4 is 0 Å². The molecule has 7 heteroatoms. The van der Waals surface area contributed by atoms with Crippen LogP contribution in [-0.2, 0) is 9.59 Å². The number of likely N-dealkylation sites (tertiary alicyclic amines) is 1. The topological polar surface area (TPSA) is 57.6 Å². The summed E-state index contributed by atoms with van der Waals surface area (Å²) in [6.45, 7) is 1.64. The molecule has 0 aromatic heterocycles. The molecule has 1 aliphatic rings. The van der Waals surface area contributed by atoms with Crippen molar-refractivity contribution in [2.75, 3.05) is 19.6 Å².